The number of methoxy groups -OCH3 is 1. The van der Waals surface area contributed by atoms with Gasteiger partial charge in [-0.25, -0.2) is 0 Å². The second-order valence-electron chi connectivity index (χ2n) is 2.82. The SMILES string of the molecule is COc1c(CBr)ncc(C=O)c1OC(F)(F)F. The molecule has 4 nitrogen and oxygen atoms in total. The molecule has 0 radical (unpaired) electrons. The fraction of sp³-hybridized carbons (Fsp3) is 0.333. The molecule has 0 spiro atoms. The maximum absolute atomic E-state index is 12.2. The zero-order valence-corrected chi connectivity index (χ0v) is 10.1. The topological polar surface area (TPSA) is 48.4 Å². The van der Waals surface area contributed by atoms with Crippen molar-refractivity contribution in [1.82, 2.24) is 4.98 Å². The van der Waals surface area contributed by atoms with Gasteiger partial charge in [0.1, 0.15) is 0 Å². The smallest absolute Gasteiger partial charge is 0.491 e. The summed E-state index contributed by atoms with van der Waals surface area (Å²) in [6.07, 6.45) is -3.70. The molecular weight excluding hydrogens is 307 g/mol. The van der Waals surface area contributed by atoms with E-state index in [4.69, 9.17) is 4.74 Å². The van der Waals surface area contributed by atoms with E-state index >= 15 is 0 Å². The average molecular weight is 314 g/mol. The van der Waals surface area contributed by atoms with Gasteiger partial charge in [-0.15, -0.1) is 13.2 Å². The molecule has 0 saturated heterocycles. The van der Waals surface area contributed by atoms with Crippen LogP contribution in [-0.2, 0) is 5.33 Å². The van der Waals surface area contributed by atoms with Crippen LogP contribution in [0, 0.1) is 0 Å². The first kappa shape index (κ1) is 13.8. The molecule has 0 amide bonds. The molecule has 1 aromatic rings. The van der Waals surface area contributed by atoms with Crippen LogP contribution < -0.4 is 9.47 Å². The van der Waals surface area contributed by atoms with Gasteiger partial charge in [-0.3, -0.25) is 9.78 Å². The molecule has 17 heavy (non-hydrogen) atoms. The number of carbonyl (C=O) groups excluding carboxylic acids is 1. The van der Waals surface area contributed by atoms with Crippen molar-refractivity contribution in [3.63, 3.8) is 0 Å². The van der Waals surface area contributed by atoms with E-state index in [1.54, 1.807) is 0 Å². The van der Waals surface area contributed by atoms with Gasteiger partial charge in [0.15, 0.2) is 17.8 Å². The first-order chi connectivity index (χ1) is 7.92. The first-order valence-corrected chi connectivity index (χ1v) is 5.37. The number of aldehydes is 1. The molecule has 0 aliphatic heterocycles. The van der Waals surface area contributed by atoms with Gasteiger partial charge in [-0.2, -0.15) is 0 Å². The minimum absolute atomic E-state index is 0.170. The molecule has 1 rings (SSSR count). The van der Waals surface area contributed by atoms with E-state index < -0.39 is 12.1 Å². The summed E-state index contributed by atoms with van der Waals surface area (Å²) in [5.41, 5.74) is -0.124. The third-order valence-corrected chi connectivity index (χ3v) is 2.30. The summed E-state index contributed by atoms with van der Waals surface area (Å²) in [6.45, 7) is 0. The van der Waals surface area contributed by atoms with Crippen LogP contribution in [0.2, 0.25) is 0 Å². The molecule has 0 N–H and O–H groups in total. The van der Waals surface area contributed by atoms with E-state index in [1.165, 1.54) is 7.11 Å². The van der Waals surface area contributed by atoms with Crippen LogP contribution in [0.5, 0.6) is 11.5 Å². The normalized spacial score (nSPS) is 11.1. The number of pyridine rings is 1. The van der Waals surface area contributed by atoms with Crippen LogP contribution in [0.4, 0.5) is 13.2 Å². The molecule has 0 aliphatic carbocycles. The highest BCUT2D eigenvalue weighted by molar-refractivity contribution is 9.08. The summed E-state index contributed by atoms with van der Waals surface area (Å²) in [5, 5.41) is 0.170. The monoisotopic (exact) mass is 313 g/mol. The lowest BCUT2D eigenvalue weighted by atomic mass is 10.2. The van der Waals surface area contributed by atoms with Crippen molar-refractivity contribution >= 4 is 22.2 Å². The number of nitrogens with zero attached hydrogens (tertiary/aromatic N) is 1. The Morgan fingerprint density at radius 1 is 1.47 bits per heavy atom. The molecule has 94 valence electrons. The minimum Gasteiger partial charge on any atom is -0.491 e. The lowest BCUT2D eigenvalue weighted by Gasteiger charge is -2.15. The Morgan fingerprint density at radius 2 is 2.12 bits per heavy atom. The Kier molecular flexibility index (Phi) is 4.33. The molecule has 1 aromatic heterocycles. The van der Waals surface area contributed by atoms with Crippen molar-refractivity contribution in [2.24, 2.45) is 0 Å². The van der Waals surface area contributed by atoms with Gasteiger partial charge in [-0.1, -0.05) is 15.9 Å². The zero-order valence-electron chi connectivity index (χ0n) is 8.55. The molecule has 0 aliphatic rings. The maximum Gasteiger partial charge on any atom is 0.573 e. The number of hydrogen-bond donors (Lipinski definition) is 0. The van der Waals surface area contributed by atoms with Gasteiger partial charge in [0.25, 0.3) is 0 Å². The van der Waals surface area contributed by atoms with Crippen LogP contribution >= 0.6 is 15.9 Å². The highest BCUT2D eigenvalue weighted by Gasteiger charge is 2.34. The van der Waals surface area contributed by atoms with Gasteiger partial charge in [0.2, 0.25) is 0 Å². The lowest BCUT2D eigenvalue weighted by Crippen LogP contribution is -2.19. The highest BCUT2D eigenvalue weighted by atomic mass is 79.9. The third-order valence-electron chi connectivity index (χ3n) is 1.77. The summed E-state index contributed by atoms with van der Waals surface area (Å²) in [6, 6.07) is 0. The van der Waals surface area contributed by atoms with Crippen molar-refractivity contribution in [3.05, 3.63) is 17.5 Å². The standard InChI is InChI=1S/C9H7BrF3NO3/c1-16-8-6(2-10)14-3-5(4-15)7(8)17-9(11,12)13/h3-4H,2H2,1H3. The number of ether oxygens (including phenoxy) is 2. The van der Waals surface area contributed by atoms with Gasteiger partial charge in [-0.05, 0) is 0 Å². The number of alkyl halides is 4. The van der Waals surface area contributed by atoms with Crippen LogP contribution in [0.25, 0.3) is 0 Å². The summed E-state index contributed by atoms with van der Waals surface area (Å²) in [7, 11) is 1.17. The summed E-state index contributed by atoms with van der Waals surface area (Å²) in [5.74, 6) is -0.900. The Bertz CT molecular complexity index is 423. The van der Waals surface area contributed by atoms with Crippen molar-refractivity contribution in [2.75, 3.05) is 7.11 Å². The minimum atomic E-state index is -4.91. The van der Waals surface area contributed by atoms with E-state index in [0.717, 1.165) is 6.20 Å². The molecule has 1 heterocycles. The van der Waals surface area contributed by atoms with Gasteiger partial charge in [0.05, 0.1) is 18.4 Å². The van der Waals surface area contributed by atoms with Crippen LogP contribution in [0.1, 0.15) is 16.1 Å². The molecule has 0 saturated carbocycles. The average Bonchev–Trinajstić information content (AvgIpc) is 2.26. The van der Waals surface area contributed by atoms with Gasteiger partial charge in [0, 0.05) is 11.5 Å². The van der Waals surface area contributed by atoms with E-state index in [-0.39, 0.29) is 28.6 Å². The van der Waals surface area contributed by atoms with Crippen molar-refractivity contribution < 1.29 is 27.4 Å². The summed E-state index contributed by atoms with van der Waals surface area (Å²) >= 11 is 3.04. The van der Waals surface area contributed by atoms with Crippen LogP contribution in [-0.4, -0.2) is 24.7 Å². The highest BCUT2D eigenvalue weighted by Crippen LogP contribution is 2.37. The van der Waals surface area contributed by atoms with Gasteiger partial charge < -0.3 is 9.47 Å². The zero-order chi connectivity index (χ0) is 13.1. The number of halogens is 4. The molecule has 8 heteroatoms. The molecule has 0 fully saturated rings. The largest absolute Gasteiger partial charge is 0.573 e. The Hall–Kier alpha value is -1.31. The summed E-state index contributed by atoms with van der Waals surface area (Å²) in [4.78, 5) is 14.4. The molecule has 0 aromatic carbocycles. The van der Waals surface area contributed by atoms with E-state index in [2.05, 4.69) is 25.7 Å². The maximum atomic E-state index is 12.2. The van der Waals surface area contributed by atoms with Crippen molar-refractivity contribution in [2.45, 2.75) is 11.7 Å². The Balaban J connectivity index is 3.35. The molecule has 0 unspecified atom stereocenters. The molecular formula is C9H7BrF3NO3. The van der Waals surface area contributed by atoms with E-state index in [1.807, 2.05) is 0 Å². The fourth-order valence-corrected chi connectivity index (χ4v) is 1.54. The van der Waals surface area contributed by atoms with Gasteiger partial charge >= 0.3 is 6.36 Å². The molecule has 0 atom stereocenters. The van der Waals surface area contributed by atoms with Crippen LogP contribution in [0.15, 0.2) is 6.20 Å². The first-order valence-electron chi connectivity index (χ1n) is 4.25. The number of rotatable bonds is 4. The number of aromatic nitrogens is 1. The number of hydrogen-bond acceptors (Lipinski definition) is 4. The second kappa shape index (κ2) is 5.35. The quantitative estimate of drug-likeness (QED) is 0.633. The van der Waals surface area contributed by atoms with Crippen LogP contribution in [0.3, 0.4) is 0 Å². The molecule has 0 bridgehead atoms. The summed E-state index contributed by atoms with van der Waals surface area (Å²) < 4.78 is 45.1. The van der Waals surface area contributed by atoms with E-state index in [0.29, 0.717) is 0 Å². The predicted molar refractivity (Wildman–Crippen MR) is 55.5 cm³/mol. The van der Waals surface area contributed by atoms with Crippen molar-refractivity contribution in [3.8, 4) is 11.5 Å². The lowest BCUT2D eigenvalue weighted by molar-refractivity contribution is -0.275. The van der Waals surface area contributed by atoms with E-state index in [9.17, 15) is 18.0 Å². The predicted octanol–water partition coefficient (Wildman–Crippen LogP) is 2.70. The van der Waals surface area contributed by atoms with Crippen molar-refractivity contribution in [1.29, 1.82) is 0 Å². The third kappa shape index (κ3) is 3.32. The second-order valence-corrected chi connectivity index (χ2v) is 3.38. The fourth-order valence-electron chi connectivity index (χ4n) is 1.14. The number of carbonyl (C=O) groups is 1. The Labute approximate surface area is 103 Å². The Morgan fingerprint density at radius 3 is 2.53 bits per heavy atom.